The number of piperidine rings is 1. The largest absolute Gasteiger partial charge is 0.381 e. The highest BCUT2D eigenvalue weighted by Crippen LogP contribution is 2.39. The van der Waals surface area contributed by atoms with Crippen LogP contribution in [0.3, 0.4) is 0 Å². The molecule has 2 aromatic carbocycles. The van der Waals surface area contributed by atoms with Gasteiger partial charge < -0.3 is 5.11 Å². The van der Waals surface area contributed by atoms with Gasteiger partial charge in [-0.25, -0.2) is 8.42 Å². The zero-order valence-electron chi connectivity index (χ0n) is 17.0. The van der Waals surface area contributed by atoms with Gasteiger partial charge in [-0.05, 0) is 36.6 Å². The number of rotatable bonds is 4. The second-order valence-corrected chi connectivity index (χ2v) is 15.6. The maximum Gasteiger partial charge on any atom is 0.243 e. The fraction of sp³-hybridized carbons (Fsp3) is 0.364. The van der Waals surface area contributed by atoms with Gasteiger partial charge in [-0.3, -0.25) is 0 Å². The summed E-state index contributed by atoms with van der Waals surface area (Å²) in [4.78, 5) is 0.301. The molecule has 1 saturated heterocycles. The SMILES string of the molecule is Cc1ccc(S(=O)(=O)N2CCC(O)(c3ccccc3)/C(=C/[Si](C)(C)C)C2)cc1. The summed E-state index contributed by atoms with van der Waals surface area (Å²) in [6.45, 7) is 9.01. The number of hydrogen-bond acceptors (Lipinski definition) is 3. The summed E-state index contributed by atoms with van der Waals surface area (Å²) in [7, 11) is -5.29. The first-order chi connectivity index (χ1) is 13.0. The molecular formula is C22H29NO3SSi. The van der Waals surface area contributed by atoms with E-state index in [1.165, 1.54) is 4.31 Å². The van der Waals surface area contributed by atoms with Crippen LogP contribution in [0.1, 0.15) is 17.5 Å². The summed E-state index contributed by atoms with van der Waals surface area (Å²) in [5, 5.41) is 11.6. The number of aryl methyl sites for hydroxylation is 1. The Morgan fingerprint density at radius 3 is 2.21 bits per heavy atom. The second-order valence-electron chi connectivity index (χ2n) is 8.66. The lowest BCUT2D eigenvalue weighted by Crippen LogP contribution is -2.47. The number of hydrogen-bond donors (Lipinski definition) is 1. The third-order valence-corrected chi connectivity index (χ3v) is 8.19. The van der Waals surface area contributed by atoms with Crippen LogP contribution in [0.2, 0.25) is 19.6 Å². The highest BCUT2D eigenvalue weighted by atomic mass is 32.2. The van der Waals surface area contributed by atoms with Crippen LogP contribution in [0.15, 0.2) is 70.8 Å². The molecule has 0 radical (unpaired) electrons. The summed E-state index contributed by atoms with van der Waals surface area (Å²) in [5.41, 5.74) is 3.67. The molecule has 0 spiro atoms. The van der Waals surface area contributed by atoms with Gasteiger partial charge in [0.2, 0.25) is 10.0 Å². The van der Waals surface area contributed by atoms with E-state index >= 15 is 0 Å². The third kappa shape index (κ3) is 4.30. The third-order valence-electron chi connectivity index (χ3n) is 5.12. The molecule has 0 saturated carbocycles. The van der Waals surface area contributed by atoms with Gasteiger partial charge in [-0.2, -0.15) is 4.31 Å². The monoisotopic (exact) mass is 415 g/mol. The zero-order valence-corrected chi connectivity index (χ0v) is 18.8. The van der Waals surface area contributed by atoms with Crippen LogP contribution in [0.5, 0.6) is 0 Å². The quantitative estimate of drug-likeness (QED) is 0.766. The fourth-order valence-corrected chi connectivity index (χ4v) is 6.44. The summed E-state index contributed by atoms with van der Waals surface area (Å²) in [5.74, 6) is 0. The van der Waals surface area contributed by atoms with E-state index in [0.717, 1.165) is 16.7 Å². The Morgan fingerprint density at radius 1 is 1.04 bits per heavy atom. The van der Waals surface area contributed by atoms with Crippen LogP contribution in [0.25, 0.3) is 0 Å². The molecule has 6 heteroatoms. The second kappa shape index (κ2) is 7.59. The molecule has 1 aliphatic rings. The van der Waals surface area contributed by atoms with Crippen molar-refractivity contribution in [3.05, 3.63) is 77.0 Å². The average molecular weight is 416 g/mol. The van der Waals surface area contributed by atoms with Crippen molar-refractivity contribution >= 4 is 18.1 Å². The molecule has 0 amide bonds. The normalized spacial score (nSPS) is 23.1. The van der Waals surface area contributed by atoms with Gasteiger partial charge in [0.15, 0.2) is 0 Å². The molecule has 1 aliphatic heterocycles. The van der Waals surface area contributed by atoms with Crippen molar-refractivity contribution in [1.82, 2.24) is 4.31 Å². The Labute approximate surface area is 169 Å². The minimum atomic E-state index is -3.60. The lowest BCUT2D eigenvalue weighted by molar-refractivity contribution is 0.0403. The van der Waals surface area contributed by atoms with Crippen LogP contribution in [-0.4, -0.2) is 39.0 Å². The van der Waals surface area contributed by atoms with Crippen LogP contribution < -0.4 is 0 Å². The lowest BCUT2D eigenvalue weighted by Gasteiger charge is -2.41. The number of sulfonamides is 1. The Balaban J connectivity index is 2.00. The van der Waals surface area contributed by atoms with Crippen molar-refractivity contribution in [2.45, 2.75) is 43.5 Å². The van der Waals surface area contributed by atoms with E-state index in [2.05, 4.69) is 25.3 Å². The number of benzene rings is 2. The predicted octanol–water partition coefficient (Wildman–Crippen LogP) is 4.08. The van der Waals surface area contributed by atoms with E-state index in [9.17, 15) is 13.5 Å². The summed E-state index contributed by atoms with van der Waals surface area (Å²) >= 11 is 0. The molecule has 0 aliphatic carbocycles. The molecule has 28 heavy (non-hydrogen) atoms. The lowest BCUT2D eigenvalue weighted by atomic mass is 9.82. The molecule has 4 nitrogen and oxygen atoms in total. The minimum absolute atomic E-state index is 0.214. The smallest absolute Gasteiger partial charge is 0.243 e. The highest BCUT2D eigenvalue weighted by Gasteiger charge is 2.42. The highest BCUT2D eigenvalue weighted by molar-refractivity contribution is 7.89. The van der Waals surface area contributed by atoms with Crippen LogP contribution in [0, 0.1) is 6.92 Å². The molecule has 2 aromatic rings. The standard InChI is InChI=1S/C22H29NO3SSi/c1-18-10-12-21(13-11-18)27(25,26)23-15-14-22(24,19-8-6-5-7-9-19)20(16-23)17-28(2,3)4/h5-13,17,24H,14-16H2,1-4H3/b20-17+. The van der Waals surface area contributed by atoms with Crippen molar-refractivity contribution in [2.24, 2.45) is 0 Å². The summed E-state index contributed by atoms with van der Waals surface area (Å²) < 4.78 is 27.9. The molecule has 3 rings (SSSR count). The van der Waals surface area contributed by atoms with Crippen molar-refractivity contribution < 1.29 is 13.5 Å². The van der Waals surface area contributed by atoms with Crippen molar-refractivity contribution in [3.63, 3.8) is 0 Å². The number of aliphatic hydroxyl groups is 1. The molecule has 1 unspecified atom stereocenters. The average Bonchev–Trinajstić information content (AvgIpc) is 2.63. The molecule has 150 valence electrons. The Kier molecular flexibility index (Phi) is 5.69. The Hall–Kier alpha value is -1.73. The first kappa shape index (κ1) is 21.0. The molecule has 1 fully saturated rings. The van der Waals surface area contributed by atoms with E-state index in [-0.39, 0.29) is 13.1 Å². The molecule has 0 aromatic heterocycles. The maximum atomic E-state index is 13.2. The molecule has 0 bridgehead atoms. The van der Waals surface area contributed by atoms with Gasteiger partial charge in [-0.15, -0.1) is 0 Å². The van der Waals surface area contributed by atoms with E-state index in [4.69, 9.17) is 0 Å². The molecular weight excluding hydrogens is 386 g/mol. The maximum absolute atomic E-state index is 13.2. The van der Waals surface area contributed by atoms with Gasteiger partial charge in [0.05, 0.1) is 13.0 Å². The van der Waals surface area contributed by atoms with Crippen LogP contribution >= 0.6 is 0 Å². The fourth-order valence-electron chi connectivity index (χ4n) is 3.64. The first-order valence-electron chi connectivity index (χ1n) is 9.59. The molecule has 1 atom stereocenters. The molecule has 1 N–H and O–H groups in total. The van der Waals surface area contributed by atoms with E-state index in [1.807, 2.05) is 49.4 Å². The van der Waals surface area contributed by atoms with Gasteiger partial charge in [-0.1, -0.05) is 73.4 Å². The van der Waals surface area contributed by atoms with E-state index in [0.29, 0.717) is 11.3 Å². The van der Waals surface area contributed by atoms with Gasteiger partial charge in [0.25, 0.3) is 0 Å². The van der Waals surface area contributed by atoms with Gasteiger partial charge in [0, 0.05) is 13.1 Å². The predicted molar refractivity (Wildman–Crippen MR) is 116 cm³/mol. The summed E-state index contributed by atoms with van der Waals surface area (Å²) in [6, 6.07) is 16.5. The van der Waals surface area contributed by atoms with Gasteiger partial charge in [0.1, 0.15) is 5.60 Å². The minimum Gasteiger partial charge on any atom is -0.381 e. The Morgan fingerprint density at radius 2 is 1.64 bits per heavy atom. The van der Waals surface area contributed by atoms with E-state index in [1.54, 1.807) is 12.1 Å². The van der Waals surface area contributed by atoms with Crippen LogP contribution in [-0.2, 0) is 15.6 Å². The van der Waals surface area contributed by atoms with Crippen LogP contribution in [0.4, 0.5) is 0 Å². The van der Waals surface area contributed by atoms with Gasteiger partial charge >= 0.3 is 0 Å². The topological polar surface area (TPSA) is 57.6 Å². The number of nitrogens with zero attached hydrogens (tertiary/aromatic N) is 1. The first-order valence-corrected chi connectivity index (χ1v) is 14.6. The summed E-state index contributed by atoms with van der Waals surface area (Å²) in [6.07, 6.45) is 0.346. The zero-order chi connectivity index (χ0) is 20.6. The molecule has 1 heterocycles. The van der Waals surface area contributed by atoms with E-state index < -0.39 is 23.7 Å². The van der Waals surface area contributed by atoms with Crippen molar-refractivity contribution in [1.29, 1.82) is 0 Å². The van der Waals surface area contributed by atoms with Crippen molar-refractivity contribution in [2.75, 3.05) is 13.1 Å². The Bertz CT molecular complexity index is 963. The van der Waals surface area contributed by atoms with Crippen molar-refractivity contribution in [3.8, 4) is 0 Å².